The molecule has 0 saturated heterocycles. The Labute approximate surface area is 123 Å². The summed E-state index contributed by atoms with van der Waals surface area (Å²) in [5.74, 6) is -1.40. The van der Waals surface area contributed by atoms with Crippen molar-refractivity contribution in [3.63, 3.8) is 0 Å². The van der Waals surface area contributed by atoms with E-state index in [9.17, 15) is 14.0 Å². The molecule has 0 amide bonds. The van der Waals surface area contributed by atoms with Gasteiger partial charge >= 0.3 is 5.97 Å². The predicted octanol–water partition coefficient (Wildman–Crippen LogP) is 3.63. The molecule has 0 bridgehead atoms. The summed E-state index contributed by atoms with van der Waals surface area (Å²) in [7, 11) is 0. The largest absolute Gasteiger partial charge is 0.454 e. The lowest BCUT2D eigenvalue weighted by molar-refractivity contribution is 0.0474. The van der Waals surface area contributed by atoms with Crippen LogP contribution in [-0.2, 0) is 4.74 Å². The van der Waals surface area contributed by atoms with Gasteiger partial charge in [0.15, 0.2) is 12.4 Å². The second kappa shape index (κ2) is 6.43. The van der Waals surface area contributed by atoms with Crippen molar-refractivity contribution in [1.82, 2.24) is 0 Å². The van der Waals surface area contributed by atoms with Gasteiger partial charge in [-0.1, -0.05) is 12.1 Å². The highest BCUT2D eigenvalue weighted by Gasteiger charge is 2.13. The number of carbonyl (C=O) groups is 2. The lowest BCUT2D eigenvalue weighted by Gasteiger charge is -2.05. The van der Waals surface area contributed by atoms with Gasteiger partial charge < -0.3 is 4.74 Å². The van der Waals surface area contributed by atoms with Gasteiger partial charge in [-0.2, -0.15) is 0 Å². The fraction of sp³-hybridized carbons (Fsp3) is 0.0667. The van der Waals surface area contributed by atoms with E-state index >= 15 is 0 Å². The summed E-state index contributed by atoms with van der Waals surface area (Å²) in [5, 5.41) is 0. The molecule has 0 unspecified atom stereocenters. The second-order valence-electron chi connectivity index (χ2n) is 3.99. The van der Waals surface area contributed by atoms with E-state index in [1.807, 2.05) is 0 Å². The summed E-state index contributed by atoms with van der Waals surface area (Å²) >= 11 is 3.23. The van der Waals surface area contributed by atoms with Crippen LogP contribution in [0.1, 0.15) is 20.7 Å². The monoisotopic (exact) mass is 336 g/mol. The van der Waals surface area contributed by atoms with Crippen LogP contribution in [0.15, 0.2) is 53.0 Å². The Morgan fingerprint density at radius 2 is 1.70 bits per heavy atom. The van der Waals surface area contributed by atoms with Crippen LogP contribution in [0.4, 0.5) is 4.39 Å². The first-order valence-electron chi connectivity index (χ1n) is 5.78. The van der Waals surface area contributed by atoms with Crippen molar-refractivity contribution in [2.75, 3.05) is 6.61 Å². The van der Waals surface area contributed by atoms with Gasteiger partial charge in [0.05, 0.1) is 5.56 Å². The Morgan fingerprint density at radius 1 is 1.05 bits per heavy atom. The third-order valence-corrected chi connectivity index (χ3v) is 3.29. The molecule has 0 N–H and O–H groups in total. The fourth-order valence-electron chi connectivity index (χ4n) is 1.55. The zero-order valence-corrected chi connectivity index (χ0v) is 11.9. The molecule has 2 rings (SSSR count). The van der Waals surface area contributed by atoms with Crippen molar-refractivity contribution in [2.45, 2.75) is 0 Å². The number of halogens is 2. The average Bonchev–Trinajstić information content (AvgIpc) is 2.45. The number of rotatable bonds is 4. The molecule has 0 spiro atoms. The summed E-state index contributed by atoms with van der Waals surface area (Å²) in [6.07, 6.45) is 0. The molecule has 0 heterocycles. The highest BCUT2D eigenvalue weighted by atomic mass is 79.9. The Hall–Kier alpha value is -2.01. The third kappa shape index (κ3) is 3.51. The topological polar surface area (TPSA) is 43.4 Å². The number of hydrogen-bond acceptors (Lipinski definition) is 3. The van der Waals surface area contributed by atoms with Crippen LogP contribution in [0, 0.1) is 5.82 Å². The molecule has 0 aromatic heterocycles. The van der Waals surface area contributed by atoms with Crippen molar-refractivity contribution in [3.05, 3.63) is 69.9 Å². The molecule has 3 nitrogen and oxygen atoms in total. The van der Waals surface area contributed by atoms with Crippen LogP contribution in [-0.4, -0.2) is 18.4 Å². The van der Waals surface area contributed by atoms with Crippen LogP contribution in [0.2, 0.25) is 0 Å². The fourth-order valence-corrected chi connectivity index (χ4v) is 2.00. The molecule has 2 aromatic carbocycles. The standard InChI is InChI=1S/C15H10BrFO3/c16-13-4-2-1-3-12(13)15(19)20-9-14(18)10-5-7-11(17)8-6-10/h1-8H,9H2. The van der Waals surface area contributed by atoms with E-state index in [1.165, 1.54) is 24.3 Å². The quantitative estimate of drug-likeness (QED) is 0.632. The third-order valence-electron chi connectivity index (χ3n) is 2.59. The zero-order chi connectivity index (χ0) is 14.5. The van der Waals surface area contributed by atoms with Gasteiger partial charge in [0.2, 0.25) is 0 Å². The summed E-state index contributed by atoms with van der Waals surface area (Å²) in [6, 6.07) is 11.8. The van der Waals surface area contributed by atoms with E-state index < -0.39 is 11.8 Å². The predicted molar refractivity (Wildman–Crippen MR) is 75.2 cm³/mol. The van der Waals surface area contributed by atoms with Crippen LogP contribution in [0.25, 0.3) is 0 Å². The SMILES string of the molecule is O=C(COC(=O)c1ccccc1Br)c1ccc(F)cc1. The Balaban J connectivity index is 1.99. The summed E-state index contributed by atoms with van der Waals surface area (Å²) in [6.45, 7) is -0.383. The van der Waals surface area contributed by atoms with Crippen molar-refractivity contribution in [3.8, 4) is 0 Å². The van der Waals surface area contributed by atoms with E-state index in [2.05, 4.69) is 15.9 Å². The number of ether oxygens (including phenoxy) is 1. The minimum Gasteiger partial charge on any atom is -0.454 e. The molecule has 0 radical (unpaired) electrons. The zero-order valence-electron chi connectivity index (χ0n) is 10.3. The minimum absolute atomic E-state index is 0.298. The molecular formula is C15H10BrFO3. The van der Waals surface area contributed by atoms with Crippen LogP contribution >= 0.6 is 15.9 Å². The Kier molecular flexibility index (Phi) is 4.63. The number of Topliss-reactive ketones (excluding diaryl/α,β-unsaturated/α-hetero) is 1. The number of carbonyl (C=O) groups excluding carboxylic acids is 2. The number of hydrogen-bond donors (Lipinski definition) is 0. The van der Waals surface area contributed by atoms with Gasteiger partial charge in [0.25, 0.3) is 0 Å². The summed E-state index contributed by atoms with van der Waals surface area (Å²) in [4.78, 5) is 23.6. The molecule has 0 fully saturated rings. The van der Waals surface area contributed by atoms with Gasteiger partial charge in [0, 0.05) is 10.0 Å². The van der Waals surface area contributed by atoms with Crippen LogP contribution < -0.4 is 0 Å². The van der Waals surface area contributed by atoms with Crippen LogP contribution in [0.5, 0.6) is 0 Å². The molecule has 0 atom stereocenters. The number of ketones is 1. The second-order valence-corrected chi connectivity index (χ2v) is 4.84. The van der Waals surface area contributed by atoms with E-state index in [-0.39, 0.29) is 12.4 Å². The number of benzene rings is 2. The molecule has 5 heteroatoms. The maximum atomic E-state index is 12.7. The molecule has 20 heavy (non-hydrogen) atoms. The first kappa shape index (κ1) is 14.4. The lowest BCUT2D eigenvalue weighted by Crippen LogP contribution is -2.14. The molecule has 102 valence electrons. The molecule has 0 aliphatic heterocycles. The maximum Gasteiger partial charge on any atom is 0.339 e. The van der Waals surface area contributed by atoms with E-state index in [4.69, 9.17) is 4.74 Å². The molecule has 2 aromatic rings. The van der Waals surface area contributed by atoms with Crippen molar-refractivity contribution >= 4 is 27.7 Å². The molecule has 0 aliphatic rings. The van der Waals surface area contributed by atoms with Crippen molar-refractivity contribution < 1.29 is 18.7 Å². The molecule has 0 aliphatic carbocycles. The van der Waals surface area contributed by atoms with Gasteiger partial charge in [-0.25, -0.2) is 9.18 Å². The number of esters is 1. The minimum atomic E-state index is -0.590. The van der Waals surface area contributed by atoms with E-state index in [0.717, 1.165) is 0 Å². The first-order valence-corrected chi connectivity index (χ1v) is 6.57. The van der Waals surface area contributed by atoms with Crippen molar-refractivity contribution in [1.29, 1.82) is 0 Å². The van der Waals surface area contributed by atoms with E-state index in [1.54, 1.807) is 24.3 Å². The van der Waals surface area contributed by atoms with Gasteiger partial charge in [0.1, 0.15) is 5.82 Å². The summed E-state index contributed by atoms with van der Waals surface area (Å²) < 4.78 is 18.3. The Bertz CT molecular complexity index is 638. The normalized spacial score (nSPS) is 10.1. The van der Waals surface area contributed by atoms with Gasteiger partial charge in [-0.15, -0.1) is 0 Å². The molecule has 0 saturated carbocycles. The highest BCUT2D eigenvalue weighted by Crippen LogP contribution is 2.16. The van der Waals surface area contributed by atoms with Crippen LogP contribution in [0.3, 0.4) is 0 Å². The first-order chi connectivity index (χ1) is 9.58. The summed E-state index contributed by atoms with van der Waals surface area (Å²) in [5.41, 5.74) is 0.644. The smallest absolute Gasteiger partial charge is 0.339 e. The average molecular weight is 337 g/mol. The van der Waals surface area contributed by atoms with Crippen molar-refractivity contribution in [2.24, 2.45) is 0 Å². The highest BCUT2D eigenvalue weighted by molar-refractivity contribution is 9.10. The van der Waals surface area contributed by atoms with E-state index in [0.29, 0.717) is 15.6 Å². The molecular weight excluding hydrogens is 327 g/mol. The van der Waals surface area contributed by atoms with Gasteiger partial charge in [-0.3, -0.25) is 4.79 Å². The lowest BCUT2D eigenvalue weighted by atomic mass is 10.1. The van der Waals surface area contributed by atoms with Gasteiger partial charge in [-0.05, 0) is 52.3 Å². The maximum absolute atomic E-state index is 12.7. The Morgan fingerprint density at radius 3 is 2.35 bits per heavy atom.